The molecule has 0 spiro atoms. The lowest BCUT2D eigenvalue weighted by Crippen LogP contribution is -2.36. The van der Waals surface area contributed by atoms with Crippen molar-refractivity contribution in [2.45, 2.75) is 17.9 Å². The van der Waals surface area contributed by atoms with E-state index < -0.39 is 15.9 Å². The Bertz CT molecular complexity index is 1170. The molecule has 0 unspecified atom stereocenters. The summed E-state index contributed by atoms with van der Waals surface area (Å²) in [5, 5.41) is 2.88. The number of hydrogen-bond acceptors (Lipinski definition) is 4. The second-order valence-corrected chi connectivity index (χ2v) is 9.03. The molecule has 0 radical (unpaired) electrons. The maximum atomic E-state index is 13.2. The van der Waals surface area contributed by atoms with E-state index in [2.05, 4.69) is 10.3 Å². The topological polar surface area (TPSA) is 79.4 Å². The Morgan fingerprint density at radius 3 is 2.52 bits per heavy atom. The van der Waals surface area contributed by atoms with E-state index in [0.29, 0.717) is 25.2 Å². The van der Waals surface area contributed by atoms with Crippen LogP contribution < -0.4 is 5.32 Å². The van der Waals surface area contributed by atoms with E-state index in [0.717, 1.165) is 11.1 Å². The lowest BCUT2D eigenvalue weighted by molar-refractivity contribution is 0.102. The number of fused-ring (bicyclic) bond motifs is 1. The number of pyridine rings is 1. The second-order valence-electron chi connectivity index (χ2n) is 6.69. The number of aromatic nitrogens is 1. The standard InChI is InChI=1S/C21H18ClN3O3S/c22-20-6-5-18(13-19(20)21(26)24-17-7-10-23-11-8-17)29(27,28)25-12-9-15-3-1-2-4-16(15)14-25/h1-8,10-11,13H,9,12,14H2,(H,23,24,26). The maximum Gasteiger partial charge on any atom is 0.257 e. The highest BCUT2D eigenvalue weighted by Crippen LogP contribution is 2.27. The number of amides is 1. The third-order valence-corrected chi connectivity index (χ3v) is 7.02. The third kappa shape index (κ3) is 4.03. The summed E-state index contributed by atoms with van der Waals surface area (Å²) in [7, 11) is -3.77. The molecule has 0 atom stereocenters. The number of sulfonamides is 1. The molecule has 0 saturated carbocycles. The normalized spacial score (nSPS) is 14.2. The van der Waals surface area contributed by atoms with Crippen LogP contribution in [0, 0.1) is 0 Å². The van der Waals surface area contributed by atoms with Crippen molar-refractivity contribution in [1.29, 1.82) is 0 Å². The molecule has 8 heteroatoms. The summed E-state index contributed by atoms with van der Waals surface area (Å²) in [6.45, 7) is 0.695. The predicted octanol–water partition coefficient (Wildman–Crippen LogP) is 3.73. The smallest absolute Gasteiger partial charge is 0.257 e. The maximum absolute atomic E-state index is 13.2. The molecule has 1 aromatic heterocycles. The fraction of sp³-hybridized carbons (Fsp3) is 0.143. The summed E-state index contributed by atoms with van der Waals surface area (Å²) >= 11 is 6.18. The number of nitrogens with one attached hydrogen (secondary N) is 1. The van der Waals surface area contributed by atoms with Crippen LogP contribution in [0.15, 0.2) is 71.9 Å². The highest BCUT2D eigenvalue weighted by Gasteiger charge is 2.29. The van der Waals surface area contributed by atoms with Crippen LogP contribution in [0.25, 0.3) is 0 Å². The number of hydrogen-bond donors (Lipinski definition) is 1. The summed E-state index contributed by atoms with van der Waals surface area (Å²) < 4.78 is 27.8. The van der Waals surface area contributed by atoms with Crippen LogP contribution >= 0.6 is 11.6 Å². The number of anilines is 1. The Morgan fingerprint density at radius 2 is 1.76 bits per heavy atom. The van der Waals surface area contributed by atoms with Crippen LogP contribution in [-0.2, 0) is 23.0 Å². The molecule has 0 saturated heterocycles. The molecular weight excluding hydrogens is 410 g/mol. The zero-order valence-corrected chi connectivity index (χ0v) is 16.9. The summed E-state index contributed by atoms with van der Waals surface area (Å²) in [5.41, 5.74) is 2.79. The van der Waals surface area contributed by atoms with Crippen molar-refractivity contribution in [3.8, 4) is 0 Å². The number of carbonyl (C=O) groups excluding carboxylic acids is 1. The van der Waals surface area contributed by atoms with E-state index >= 15 is 0 Å². The van der Waals surface area contributed by atoms with Crippen LogP contribution in [0.3, 0.4) is 0 Å². The minimum atomic E-state index is -3.77. The first-order valence-corrected chi connectivity index (χ1v) is 10.8. The van der Waals surface area contributed by atoms with Gasteiger partial charge in [0.2, 0.25) is 10.0 Å². The Balaban J connectivity index is 1.62. The molecule has 0 aliphatic carbocycles. The van der Waals surface area contributed by atoms with Gasteiger partial charge in [-0.15, -0.1) is 0 Å². The third-order valence-electron chi connectivity index (χ3n) is 4.85. The summed E-state index contributed by atoms with van der Waals surface area (Å²) in [6, 6.07) is 15.3. The zero-order chi connectivity index (χ0) is 20.4. The van der Waals surface area contributed by atoms with E-state index in [1.807, 2.05) is 24.3 Å². The van der Waals surface area contributed by atoms with Gasteiger partial charge in [0.25, 0.3) is 5.91 Å². The van der Waals surface area contributed by atoms with E-state index in [4.69, 9.17) is 11.6 Å². The Labute approximate surface area is 174 Å². The molecule has 148 valence electrons. The van der Waals surface area contributed by atoms with E-state index in [1.165, 1.54) is 22.5 Å². The van der Waals surface area contributed by atoms with Crippen molar-refractivity contribution in [1.82, 2.24) is 9.29 Å². The molecule has 1 N–H and O–H groups in total. The average Bonchev–Trinajstić information content (AvgIpc) is 2.74. The second kappa shape index (κ2) is 7.94. The molecule has 1 aliphatic heterocycles. The first kappa shape index (κ1) is 19.6. The minimum Gasteiger partial charge on any atom is -0.322 e. The Morgan fingerprint density at radius 1 is 1.03 bits per heavy atom. The van der Waals surface area contributed by atoms with Crippen molar-refractivity contribution in [3.05, 3.63) is 88.7 Å². The van der Waals surface area contributed by atoms with Gasteiger partial charge in [-0.05, 0) is 47.9 Å². The van der Waals surface area contributed by atoms with Crippen LogP contribution in [0.4, 0.5) is 5.69 Å². The van der Waals surface area contributed by atoms with Gasteiger partial charge in [-0.3, -0.25) is 9.78 Å². The highest BCUT2D eigenvalue weighted by atomic mass is 35.5. The van der Waals surface area contributed by atoms with E-state index in [-0.39, 0.29) is 15.5 Å². The fourth-order valence-corrected chi connectivity index (χ4v) is 4.95. The molecule has 1 amide bonds. The van der Waals surface area contributed by atoms with Gasteiger partial charge >= 0.3 is 0 Å². The van der Waals surface area contributed by atoms with Crippen molar-refractivity contribution in [3.63, 3.8) is 0 Å². The van der Waals surface area contributed by atoms with Crippen LogP contribution in [0.5, 0.6) is 0 Å². The first-order valence-electron chi connectivity index (χ1n) is 9.03. The fourth-order valence-electron chi connectivity index (χ4n) is 3.30. The molecule has 0 bridgehead atoms. The van der Waals surface area contributed by atoms with Crippen molar-refractivity contribution >= 4 is 33.2 Å². The van der Waals surface area contributed by atoms with Gasteiger partial charge in [0, 0.05) is 31.2 Å². The first-order chi connectivity index (χ1) is 13.9. The van der Waals surface area contributed by atoms with Crippen LogP contribution in [0.2, 0.25) is 5.02 Å². The number of halogens is 1. The van der Waals surface area contributed by atoms with Gasteiger partial charge in [-0.2, -0.15) is 4.31 Å². The molecule has 2 heterocycles. The van der Waals surface area contributed by atoms with Gasteiger partial charge < -0.3 is 5.32 Å². The van der Waals surface area contributed by atoms with Crippen LogP contribution in [-0.4, -0.2) is 30.2 Å². The summed E-state index contributed by atoms with van der Waals surface area (Å²) in [6.07, 6.45) is 3.75. The molecule has 4 rings (SSSR count). The monoisotopic (exact) mass is 427 g/mol. The molecule has 29 heavy (non-hydrogen) atoms. The van der Waals surface area contributed by atoms with Gasteiger partial charge in [0.1, 0.15) is 0 Å². The number of rotatable bonds is 4. The van der Waals surface area contributed by atoms with Gasteiger partial charge in [0.15, 0.2) is 0 Å². The SMILES string of the molecule is O=C(Nc1ccncc1)c1cc(S(=O)(=O)N2CCc3ccccc3C2)ccc1Cl. The van der Waals surface area contributed by atoms with Crippen molar-refractivity contribution in [2.75, 3.05) is 11.9 Å². The summed E-state index contributed by atoms with van der Waals surface area (Å²) in [4.78, 5) is 16.6. The lowest BCUT2D eigenvalue weighted by atomic mass is 10.0. The lowest BCUT2D eigenvalue weighted by Gasteiger charge is -2.28. The van der Waals surface area contributed by atoms with Gasteiger partial charge in [-0.1, -0.05) is 35.9 Å². The van der Waals surface area contributed by atoms with Crippen molar-refractivity contribution < 1.29 is 13.2 Å². The molecule has 1 aliphatic rings. The average molecular weight is 428 g/mol. The summed E-state index contributed by atoms with van der Waals surface area (Å²) in [5.74, 6) is -0.484. The van der Waals surface area contributed by atoms with E-state index in [1.54, 1.807) is 24.5 Å². The van der Waals surface area contributed by atoms with Gasteiger partial charge in [-0.25, -0.2) is 8.42 Å². The van der Waals surface area contributed by atoms with E-state index in [9.17, 15) is 13.2 Å². The van der Waals surface area contributed by atoms with Crippen molar-refractivity contribution in [2.24, 2.45) is 0 Å². The Hall–Kier alpha value is -2.74. The number of carbonyl (C=O) groups is 1. The predicted molar refractivity (Wildman–Crippen MR) is 111 cm³/mol. The minimum absolute atomic E-state index is 0.0427. The number of benzene rings is 2. The Kier molecular flexibility index (Phi) is 5.36. The molecule has 6 nitrogen and oxygen atoms in total. The molecule has 2 aromatic carbocycles. The quantitative estimate of drug-likeness (QED) is 0.688. The van der Waals surface area contributed by atoms with Crippen LogP contribution in [0.1, 0.15) is 21.5 Å². The zero-order valence-electron chi connectivity index (χ0n) is 15.4. The number of nitrogens with zero attached hydrogens (tertiary/aromatic N) is 2. The molecule has 0 fully saturated rings. The van der Waals surface area contributed by atoms with Gasteiger partial charge in [0.05, 0.1) is 15.5 Å². The largest absolute Gasteiger partial charge is 0.322 e. The highest BCUT2D eigenvalue weighted by molar-refractivity contribution is 7.89. The molecule has 3 aromatic rings. The molecular formula is C21H18ClN3O3S.